The molecule has 4 rings (SSSR count). The van der Waals surface area contributed by atoms with E-state index >= 15 is 0 Å². The molecule has 1 aliphatic rings. The van der Waals surface area contributed by atoms with E-state index in [0.717, 1.165) is 34.1 Å². The fourth-order valence-electron chi connectivity index (χ4n) is 3.16. The Morgan fingerprint density at radius 3 is 2.69 bits per heavy atom. The molecule has 1 amide bonds. The van der Waals surface area contributed by atoms with Gasteiger partial charge in [0.25, 0.3) is 5.91 Å². The van der Waals surface area contributed by atoms with E-state index in [9.17, 15) is 4.79 Å². The second-order valence-corrected chi connectivity index (χ2v) is 7.25. The molecular weight excluding hydrogens is 348 g/mol. The number of thiazole rings is 1. The molecule has 0 saturated carbocycles. The Morgan fingerprint density at radius 1 is 1.15 bits per heavy atom. The van der Waals surface area contributed by atoms with Crippen LogP contribution < -0.4 is 0 Å². The van der Waals surface area contributed by atoms with Gasteiger partial charge in [-0.25, -0.2) is 19.9 Å². The van der Waals surface area contributed by atoms with E-state index < -0.39 is 0 Å². The van der Waals surface area contributed by atoms with Crippen LogP contribution in [-0.4, -0.2) is 48.8 Å². The van der Waals surface area contributed by atoms with E-state index in [1.54, 1.807) is 36.3 Å². The maximum Gasteiger partial charge on any atom is 0.274 e. The summed E-state index contributed by atoms with van der Waals surface area (Å²) >= 11 is 1.70. The predicted molar refractivity (Wildman–Crippen MR) is 97.8 cm³/mol. The van der Waals surface area contributed by atoms with E-state index in [-0.39, 0.29) is 5.91 Å². The standard InChI is InChI=1S/C18H18N6OS/c1-12-16(14-2-5-20-11-22-14)26-17(23-12)13-3-8-24(9-4-13)18(25)15-10-19-6-7-21-15/h2,5-7,10-11,13H,3-4,8-9H2,1H3. The first-order valence-corrected chi connectivity index (χ1v) is 9.33. The van der Waals surface area contributed by atoms with Crippen LogP contribution in [0.15, 0.2) is 37.2 Å². The minimum absolute atomic E-state index is 0.0476. The van der Waals surface area contributed by atoms with Crippen molar-refractivity contribution in [1.82, 2.24) is 29.8 Å². The van der Waals surface area contributed by atoms with Gasteiger partial charge in [0.15, 0.2) is 0 Å². The van der Waals surface area contributed by atoms with Crippen molar-refractivity contribution in [3.8, 4) is 10.6 Å². The lowest BCUT2D eigenvalue weighted by Gasteiger charge is -2.30. The number of hydrogen-bond acceptors (Lipinski definition) is 7. The van der Waals surface area contributed by atoms with Crippen LogP contribution in [0, 0.1) is 6.92 Å². The van der Waals surface area contributed by atoms with E-state index in [1.165, 1.54) is 6.20 Å². The number of aryl methyl sites for hydroxylation is 1. The van der Waals surface area contributed by atoms with E-state index in [0.29, 0.717) is 24.7 Å². The molecule has 0 atom stereocenters. The molecule has 0 unspecified atom stereocenters. The fraction of sp³-hybridized carbons (Fsp3) is 0.333. The number of amides is 1. The van der Waals surface area contributed by atoms with Crippen LogP contribution in [0.3, 0.4) is 0 Å². The third-order valence-corrected chi connectivity index (χ3v) is 5.88. The number of carbonyl (C=O) groups is 1. The summed E-state index contributed by atoms with van der Waals surface area (Å²) < 4.78 is 0. The molecule has 7 nitrogen and oxygen atoms in total. The highest BCUT2D eigenvalue weighted by molar-refractivity contribution is 7.15. The normalized spacial score (nSPS) is 15.2. The highest BCUT2D eigenvalue weighted by Gasteiger charge is 2.27. The van der Waals surface area contributed by atoms with E-state index in [2.05, 4.69) is 19.9 Å². The van der Waals surface area contributed by atoms with Gasteiger partial charge in [-0.15, -0.1) is 11.3 Å². The fourth-order valence-corrected chi connectivity index (χ4v) is 4.37. The number of carbonyl (C=O) groups excluding carboxylic acids is 1. The van der Waals surface area contributed by atoms with Crippen molar-refractivity contribution in [3.63, 3.8) is 0 Å². The molecular formula is C18H18N6OS. The lowest BCUT2D eigenvalue weighted by atomic mass is 9.97. The summed E-state index contributed by atoms with van der Waals surface area (Å²) in [6.45, 7) is 3.44. The molecule has 3 aromatic heterocycles. The zero-order chi connectivity index (χ0) is 17.9. The van der Waals surface area contributed by atoms with Crippen LogP contribution in [0.2, 0.25) is 0 Å². The third-order valence-electron chi connectivity index (χ3n) is 4.54. The first-order chi connectivity index (χ1) is 12.7. The van der Waals surface area contributed by atoms with Crippen LogP contribution in [0.5, 0.6) is 0 Å². The van der Waals surface area contributed by atoms with Crippen molar-refractivity contribution < 1.29 is 4.79 Å². The Kier molecular flexibility index (Phi) is 4.66. The van der Waals surface area contributed by atoms with Gasteiger partial charge in [0.2, 0.25) is 0 Å². The molecule has 1 saturated heterocycles. The Bertz CT molecular complexity index is 891. The Labute approximate surface area is 155 Å². The molecule has 26 heavy (non-hydrogen) atoms. The summed E-state index contributed by atoms with van der Waals surface area (Å²) in [5, 5.41) is 1.13. The number of nitrogens with zero attached hydrogens (tertiary/aromatic N) is 6. The first-order valence-electron chi connectivity index (χ1n) is 8.51. The minimum Gasteiger partial charge on any atom is -0.337 e. The van der Waals surface area contributed by atoms with Crippen molar-refractivity contribution in [2.45, 2.75) is 25.7 Å². The molecule has 0 bridgehead atoms. The van der Waals surface area contributed by atoms with Crippen molar-refractivity contribution in [3.05, 3.63) is 53.6 Å². The van der Waals surface area contributed by atoms with Crippen molar-refractivity contribution in [2.24, 2.45) is 0 Å². The molecule has 0 N–H and O–H groups in total. The smallest absolute Gasteiger partial charge is 0.274 e. The number of piperidine rings is 1. The zero-order valence-electron chi connectivity index (χ0n) is 14.4. The largest absolute Gasteiger partial charge is 0.337 e. The molecule has 1 aliphatic heterocycles. The van der Waals surface area contributed by atoms with Gasteiger partial charge < -0.3 is 4.90 Å². The van der Waals surface area contributed by atoms with Crippen LogP contribution in [0.1, 0.15) is 39.9 Å². The second kappa shape index (κ2) is 7.25. The molecule has 8 heteroatoms. The van der Waals surface area contributed by atoms with Crippen molar-refractivity contribution in [2.75, 3.05) is 13.1 Å². The highest BCUT2D eigenvalue weighted by atomic mass is 32.1. The molecule has 0 aromatic carbocycles. The molecule has 4 heterocycles. The number of aromatic nitrogens is 5. The Hall–Kier alpha value is -2.74. The average molecular weight is 366 g/mol. The molecule has 0 radical (unpaired) electrons. The van der Waals surface area contributed by atoms with Crippen molar-refractivity contribution >= 4 is 17.2 Å². The van der Waals surface area contributed by atoms with E-state index in [1.807, 2.05) is 17.9 Å². The van der Waals surface area contributed by atoms with Gasteiger partial charge in [0.1, 0.15) is 12.0 Å². The maximum absolute atomic E-state index is 12.5. The quantitative estimate of drug-likeness (QED) is 0.708. The zero-order valence-corrected chi connectivity index (χ0v) is 15.2. The summed E-state index contributed by atoms with van der Waals surface area (Å²) in [6, 6.07) is 1.91. The minimum atomic E-state index is -0.0476. The average Bonchev–Trinajstić information content (AvgIpc) is 3.10. The number of likely N-dealkylation sites (tertiary alicyclic amines) is 1. The Balaban J connectivity index is 1.45. The van der Waals surface area contributed by atoms with Crippen LogP contribution in [0.4, 0.5) is 0 Å². The van der Waals surface area contributed by atoms with Gasteiger partial charge in [-0.3, -0.25) is 9.78 Å². The number of rotatable bonds is 3. The van der Waals surface area contributed by atoms with Crippen LogP contribution in [-0.2, 0) is 0 Å². The van der Waals surface area contributed by atoms with Gasteiger partial charge in [-0.1, -0.05) is 0 Å². The lowest BCUT2D eigenvalue weighted by Crippen LogP contribution is -2.38. The van der Waals surface area contributed by atoms with Crippen molar-refractivity contribution in [1.29, 1.82) is 0 Å². The van der Waals surface area contributed by atoms with Gasteiger partial charge in [0, 0.05) is 37.6 Å². The summed E-state index contributed by atoms with van der Waals surface area (Å²) in [5.74, 6) is 0.328. The molecule has 0 spiro atoms. The van der Waals surface area contributed by atoms with E-state index in [4.69, 9.17) is 4.98 Å². The molecule has 0 aliphatic carbocycles. The third kappa shape index (κ3) is 3.32. The Morgan fingerprint density at radius 2 is 2.00 bits per heavy atom. The van der Waals surface area contributed by atoms with Gasteiger partial charge in [-0.05, 0) is 25.8 Å². The first kappa shape index (κ1) is 16.7. The SMILES string of the molecule is Cc1nc(C2CCN(C(=O)c3cnccn3)CC2)sc1-c1ccncn1. The summed E-state index contributed by atoms with van der Waals surface area (Å²) in [6.07, 6.45) is 9.76. The molecule has 132 valence electrons. The van der Waals surface area contributed by atoms with Crippen LogP contribution >= 0.6 is 11.3 Å². The lowest BCUT2D eigenvalue weighted by molar-refractivity contribution is 0.0706. The molecule has 1 fully saturated rings. The van der Waals surface area contributed by atoms with Gasteiger partial charge >= 0.3 is 0 Å². The summed E-state index contributed by atoms with van der Waals surface area (Å²) in [4.78, 5) is 36.6. The molecule has 3 aromatic rings. The maximum atomic E-state index is 12.5. The van der Waals surface area contributed by atoms with Crippen LogP contribution in [0.25, 0.3) is 10.6 Å². The topological polar surface area (TPSA) is 84.8 Å². The second-order valence-electron chi connectivity index (χ2n) is 6.22. The summed E-state index contributed by atoms with van der Waals surface area (Å²) in [5.41, 5.74) is 2.32. The highest BCUT2D eigenvalue weighted by Crippen LogP contribution is 2.36. The monoisotopic (exact) mass is 366 g/mol. The van der Waals surface area contributed by atoms with Gasteiger partial charge in [0.05, 0.1) is 27.5 Å². The van der Waals surface area contributed by atoms with Gasteiger partial charge in [-0.2, -0.15) is 0 Å². The summed E-state index contributed by atoms with van der Waals surface area (Å²) in [7, 11) is 0. The predicted octanol–water partition coefficient (Wildman–Crippen LogP) is 2.72. The number of hydrogen-bond donors (Lipinski definition) is 0.